The van der Waals surface area contributed by atoms with E-state index in [0.29, 0.717) is 5.69 Å². The van der Waals surface area contributed by atoms with Crippen LogP contribution in [0.15, 0.2) is 42.7 Å². The molecule has 0 fully saturated rings. The molecule has 0 saturated heterocycles. The van der Waals surface area contributed by atoms with Gasteiger partial charge in [0.15, 0.2) is 0 Å². The maximum absolute atomic E-state index is 11.9. The van der Waals surface area contributed by atoms with Gasteiger partial charge in [0, 0.05) is 24.1 Å². The van der Waals surface area contributed by atoms with Gasteiger partial charge in [-0.3, -0.25) is 9.78 Å². The Kier molecular flexibility index (Phi) is 4.50. The van der Waals surface area contributed by atoms with Crippen LogP contribution in [0.4, 0.5) is 5.69 Å². The Labute approximate surface area is 121 Å². The van der Waals surface area contributed by atoms with E-state index in [9.17, 15) is 9.59 Å². The molecule has 0 aliphatic carbocycles. The van der Waals surface area contributed by atoms with E-state index in [1.54, 1.807) is 24.5 Å². The maximum atomic E-state index is 11.9. The summed E-state index contributed by atoms with van der Waals surface area (Å²) in [6.45, 7) is 0. The van der Waals surface area contributed by atoms with E-state index < -0.39 is 5.97 Å². The van der Waals surface area contributed by atoms with Crippen molar-refractivity contribution in [3.8, 4) is 5.75 Å². The predicted octanol–water partition coefficient (Wildman–Crippen LogP) is 1.97. The first-order chi connectivity index (χ1) is 10.1. The maximum Gasteiger partial charge on any atom is 0.339 e. The van der Waals surface area contributed by atoms with E-state index >= 15 is 0 Å². The van der Waals surface area contributed by atoms with E-state index in [2.05, 4.69) is 10.3 Å². The van der Waals surface area contributed by atoms with Crippen LogP contribution < -0.4 is 10.1 Å². The van der Waals surface area contributed by atoms with Crippen LogP contribution in [0.5, 0.6) is 5.75 Å². The highest BCUT2D eigenvalue weighted by molar-refractivity contribution is 5.95. The lowest BCUT2D eigenvalue weighted by Gasteiger charge is -2.09. The van der Waals surface area contributed by atoms with Gasteiger partial charge in [-0.25, -0.2) is 4.79 Å². The highest BCUT2D eigenvalue weighted by Gasteiger charge is 2.12. The van der Waals surface area contributed by atoms with Gasteiger partial charge in [0.2, 0.25) is 5.91 Å². The predicted molar refractivity (Wildman–Crippen MR) is 76.5 cm³/mol. The first-order valence-electron chi connectivity index (χ1n) is 6.20. The molecule has 1 aromatic heterocycles. The third kappa shape index (κ3) is 3.79. The van der Waals surface area contributed by atoms with Crippen LogP contribution in [-0.4, -0.2) is 29.1 Å². The molecule has 0 spiro atoms. The smallest absolute Gasteiger partial charge is 0.339 e. The van der Waals surface area contributed by atoms with Crippen LogP contribution in [0.2, 0.25) is 0 Å². The number of carbonyl (C=O) groups excluding carboxylic acids is 1. The minimum Gasteiger partial charge on any atom is -0.496 e. The molecule has 0 radical (unpaired) electrons. The molecular formula is C15H14N2O4. The van der Waals surface area contributed by atoms with E-state index in [1.807, 2.05) is 0 Å². The average Bonchev–Trinajstić information content (AvgIpc) is 2.47. The summed E-state index contributed by atoms with van der Waals surface area (Å²) in [6.07, 6.45) is 3.45. The molecule has 0 atom stereocenters. The molecule has 2 rings (SSSR count). The Morgan fingerprint density at radius 3 is 2.57 bits per heavy atom. The molecule has 0 aliphatic rings. The summed E-state index contributed by atoms with van der Waals surface area (Å²) in [5, 5.41) is 11.7. The lowest BCUT2D eigenvalue weighted by molar-refractivity contribution is -0.115. The van der Waals surface area contributed by atoms with Gasteiger partial charge in [-0.15, -0.1) is 0 Å². The number of aromatic carboxylic acids is 1. The Morgan fingerprint density at radius 1 is 1.24 bits per heavy atom. The largest absolute Gasteiger partial charge is 0.496 e. The fourth-order valence-electron chi connectivity index (χ4n) is 1.84. The molecule has 2 N–H and O–H groups in total. The Balaban J connectivity index is 2.09. The van der Waals surface area contributed by atoms with E-state index in [-0.39, 0.29) is 23.6 Å². The second-order valence-corrected chi connectivity index (χ2v) is 4.30. The van der Waals surface area contributed by atoms with Crippen molar-refractivity contribution < 1.29 is 19.4 Å². The second-order valence-electron chi connectivity index (χ2n) is 4.30. The zero-order valence-electron chi connectivity index (χ0n) is 11.4. The summed E-state index contributed by atoms with van der Waals surface area (Å²) in [6, 6.07) is 7.91. The van der Waals surface area contributed by atoms with Gasteiger partial charge in [-0.2, -0.15) is 0 Å². The molecule has 1 heterocycles. The number of methoxy groups -OCH3 is 1. The molecular weight excluding hydrogens is 272 g/mol. The number of benzene rings is 1. The number of carboxylic acids is 1. The normalized spacial score (nSPS) is 9.95. The van der Waals surface area contributed by atoms with Crippen molar-refractivity contribution in [2.45, 2.75) is 6.42 Å². The molecule has 21 heavy (non-hydrogen) atoms. The van der Waals surface area contributed by atoms with Crippen LogP contribution in [0.25, 0.3) is 0 Å². The molecule has 0 aliphatic heterocycles. The van der Waals surface area contributed by atoms with Crippen molar-refractivity contribution in [2.24, 2.45) is 0 Å². The number of carbonyl (C=O) groups is 2. The zero-order chi connectivity index (χ0) is 15.2. The molecule has 6 nitrogen and oxygen atoms in total. The monoisotopic (exact) mass is 286 g/mol. The number of nitrogens with zero attached hydrogens (tertiary/aromatic N) is 1. The van der Waals surface area contributed by atoms with E-state index in [0.717, 1.165) is 5.56 Å². The molecule has 6 heteroatoms. The summed E-state index contributed by atoms with van der Waals surface area (Å²) in [5.41, 5.74) is 1.37. The van der Waals surface area contributed by atoms with Crippen molar-refractivity contribution >= 4 is 17.6 Å². The standard InChI is InChI=1S/C15H14N2O4/c1-21-13-9-11(2-3-12(13)15(19)20)17-14(18)8-10-4-6-16-7-5-10/h2-7,9H,8H2,1H3,(H,17,18)(H,19,20). The van der Waals surface area contributed by atoms with Gasteiger partial charge < -0.3 is 15.2 Å². The van der Waals surface area contributed by atoms with Gasteiger partial charge in [0.05, 0.1) is 13.5 Å². The van der Waals surface area contributed by atoms with Crippen molar-refractivity contribution in [2.75, 3.05) is 12.4 Å². The molecule has 0 saturated carbocycles. The average molecular weight is 286 g/mol. The number of hydrogen-bond acceptors (Lipinski definition) is 4. The van der Waals surface area contributed by atoms with E-state index in [1.165, 1.54) is 25.3 Å². The Morgan fingerprint density at radius 2 is 1.95 bits per heavy atom. The van der Waals surface area contributed by atoms with Gasteiger partial charge in [-0.1, -0.05) is 0 Å². The van der Waals surface area contributed by atoms with Gasteiger partial charge in [0.25, 0.3) is 0 Å². The van der Waals surface area contributed by atoms with Crippen LogP contribution in [0.3, 0.4) is 0 Å². The fourth-order valence-corrected chi connectivity index (χ4v) is 1.84. The summed E-state index contributed by atoms with van der Waals surface area (Å²) in [4.78, 5) is 26.8. The molecule has 0 unspecified atom stereocenters. The zero-order valence-corrected chi connectivity index (χ0v) is 11.4. The van der Waals surface area contributed by atoms with Crippen LogP contribution in [0, 0.1) is 0 Å². The van der Waals surface area contributed by atoms with Crippen LogP contribution >= 0.6 is 0 Å². The number of aromatic nitrogens is 1. The lowest BCUT2D eigenvalue weighted by Crippen LogP contribution is -2.14. The third-order valence-corrected chi connectivity index (χ3v) is 2.83. The molecule has 108 valence electrons. The summed E-state index contributed by atoms with van der Waals surface area (Å²) >= 11 is 0. The highest BCUT2D eigenvalue weighted by atomic mass is 16.5. The number of carboxylic acid groups (broad SMARTS) is 1. The number of hydrogen-bond donors (Lipinski definition) is 2. The number of nitrogens with one attached hydrogen (secondary N) is 1. The lowest BCUT2D eigenvalue weighted by atomic mass is 10.1. The summed E-state index contributed by atoms with van der Waals surface area (Å²) in [5.74, 6) is -1.09. The topological polar surface area (TPSA) is 88.5 Å². The van der Waals surface area contributed by atoms with Gasteiger partial charge in [0.1, 0.15) is 11.3 Å². The minimum absolute atomic E-state index is 0.0460. The second kappa shape index (κ2) is 6.51. The van der Waals surface area contributed by atoms with Crippen molar-refractivity contribution in [3.63, 3.8) is 0 Å². The molecule has 0 bridgehead atoms. The first-order valence-corrected chi connectivity index (χ1v) is 6.20. The molecule has 2 aromatic rings. The third-order valence-electron chi connectivity index (χ3n) is 2.83. The molecule has 1 aromatic carbocycles. The van der Waals surface area contributed by atoms with Crippen molar-refractivity contribution in [1.29, 1.82) is 0 Å². The SMILES string of the molecule is COc1cc(NC(=O)Cc2ccncc2)ccc1C(=O)O. The van der Waals surface area contributed by atoms with Crippen molar-refractivity contribution in [1.82, 2.24) is 4.98 Å². The Hall–Kier alpha value is -2.89. The fraction of sp³-hybridized carbons (Fsp3) is 0.133. The quantitative estimate of drug-likeness (QED) is 0.877. The van der Waals surface area contributed by atoms with E-state index in [4.69, 9.17) is 9.84 Å². The number of ether oxygens (including phenoxy) is 1. The number of anilines is 1. The van der Waals surface area contributed by atoms with Gasteiger partial charge >= 0.3 is 5.97 Å². The van der Waals surface area contributed by atoms with Crippen LogP contribution in [0.1, 0.15) is 15.9 Å². The first kappa shape index (κ1) is 14.5. The Bertz CT molecular complexity index is 656. The van der Waals surface area contributed by atoms with Crippen molar-refractivity contribution in [3.05, 3.63) is 53.9 Å². The number of rotatable bonds is 5. The van der Waals surface area contributed by atoms with Crippen LogP contribution in [-0.2, 0) is 11.2 Å². The number of amides is 1. The summed E-state index contributed by atoms with van der Waals surface area (Å²) in [7, 11) is 1.38. The molecule has 1 amide bonds. The number of pyridine rings is 1. The van der Waals surface area contributed by atoms with Gasteiger partial charge in [-0.05, 0) is 29.8 Å². The highest BCUT2D eigenvalue weighted by Crippen LogP contribution is 2.23. The summed E-state index contributed by atoms with van der Waals surface area (Å²) < 4.78 is 5.01. The minimum atomic E-state index is -1.08.